The van der Waals surface area contributed by atoms with E-state index in [2.05, 4.69) is 4.98 Å². The van der Waals surface area contributed by atoms with Gasteiger partial charge in [-0.1, -0.05) is 24.3 Å². The number of ether oxygens (including phenoxy) is 3. The van der Waals surface area contributed by atoms with Crippen LogP contribution in [0.1, 0.15) is 11.3 Å². The van der Waals surface area contributed by atoms with Gasteiger partial charge in [0.15, 0.2) is 0 Å². The molecule has 0 spiro atoms. The number of nitrogens with zero attached hydrogens (tertiary/aromatic N) is 1. The minimum Gasteiger partial charge on any atom is -0.497 e. The highest BCUT2D eigenvalue weighted by Crippen LogP contribution is 2.35. The molecule has 0 amide bonds. The average molecular weight is 370 g/mol. The highest BCUT2D eigenvalue weighted by molar-refractivity contribution is 6.16. The molecule has 0 N–H and O–H groups in total. The Bertz CT molecular complexity index is 865. The third-order valence-corrected chi connectivity index (χ3v) is 4.24. The highest BCUT2D eigenvalue weighted by atomic mass is 35.5. The van der Waals surface area contributed by atoms with Crippen molar-refractivity contribution in [1.82, 2.24) is 4.98 Å². The van der Waals surface area contributed by atoms with Crippen LogP contribution in [-0.4, -0.2) is 19.2 Å². The Labute approximate surface area is 158 Å². The molecule has 3 aromatic rings. The predicted molar refractivity (Wildman–Crippen MR) is 103 cm³/mol. The lowest BCUT2D eigenvalue weighted by Gasteiger charge is -2.14. The molecule has 5 heteroatoms. The fourth-order valence-corrected chi connectivity index (χ4v) is 2.74. The van der Waals surface area contributed by atoms with Crippen LogP contribution in [0.3, 0.4) is 0 Å². The van der Waals surface area contributed by atoms with E-state index in [-0.39, 0.29) is 0 Å². The first kappa shape index (κ1) is 18.1. The molecule has 0 saturated heterocycles. The number of hydrogen-bond acceptors (Lipinski definition) is 4. The van der Waals surface area contributed by atoms with Gasteiger partial charge in [-0.25, -0.2) is 4.98 Å². The van der Waals surface area contributed by atoms with Crippen molar-refractivity contribution < 1.29 is 14.2 Å². The number of benzene rings is 2. The van der Waals surface area contributed by atoms with Gasteiger partial charge in [-0.3, -0.25) is 0 Å². The zero-order valence-electron chi connectivity index (χ0n) is 14.7. The van der Waals surface area contributed by atoms with Gasteiger partial charge in [-0.15, -0.1) is 11.6 Å². The molecule has 4 nitrogen and oxygen atoms in total. The van der Waals surface area contributed by atoms with Gasteiger partial charge >= 0.3 is 0 Å². The number of hydrogen-bond donors (Lipinski definition) is 0. The summed E-state index contributed by atoms with van der Waals surface area (Å²) in [7, 11) is 3.29. The molecule has 0 aliphatic heterocycles. The van der Waals surface area contributed by atoms with Crippen LogP contribution in [0.2, 0.25) is 0 Å². The van der Waals surface area contributed by atoms with Crippen LogP contribution in [0.5, 0.6) is 17.2 Å². The van der Waals surface area contributed by atoms with E-state index in [1.807, 2.05) is 60.7 Å². The summed E-state index contributed by atoms with van der Waals surface area (Å²) in [6, 6.07) is 19.3. The van der Waals surface area contributed by atoms with Gasteiger partial charge in [-0.05, 0) is 42.0 Å². The topological polar surface area (TPSA) is 40.6 Å². The van der Waals surface area contributed by atoms with E-state index in [0.29, 0.717) is 23.9 Å². The predicted octanol–water partition coefficient (Wildman–Crippen LogP) is 5.08. The third-order valence-electron chi connectivity index (χ3n) is 3.97. The van der Waals surface area contributed by atoms with Crippen molar-refractivity contribution in [2.75, 3.05) is 14.2 Å². The fraction of sp³-hybridized carbons (Fsp3) is 0.190. The molecule has 0 aliphatic carbocycles. The van der Waals surface area contributed by atoms with Crippen LogP contribution in [0.25, 0.3) is 11.3 Å². The second kappa shape index (κ2) is 8.59. The maximum Gasteiger partial charge on any atom is 0.146 e. The third kappa shape index (κ3) is 4.09. The number of pyridine rings is 1. The molecule has 3 rings (SSSR count). The second-order valence-electron chi connectivity index (χ2n) is 5.62. The van der Waals surface area contributed by atoms with Gasteiger partial charge in [0.2, 0.25) is 0 Å². The molecular formula is C21H20ClNO3. The van der Waals surface area contributed by atoms with Crippen molar-refractivity contribution in [2.45, 2.75) is 12.5 Å². The van der Waals surface area contributed by atoms with Gasteiger partial charge in [0.05, 0.1) is 25.8 Å². The molecule has 0 atom stereocenters. The first-order valence-electron chi connectivity index (χ1n) is 8.20. The first-order chi connectivity index (χ1) is 12.7. The first-order valence-corrected chi connectivity index (χ1v) is 8.73. The molecule has 134 valence electrons. The van der Waals surface area contributed by atoms with E-state index in [9.17, 15) is 0 Å². The minimum absolute atomic E-state index is 0.334. The molecule has 2 aromatic carbocycles. The Morgan fingerprint density at radius 1 is 0.846 bits per heavy atom. The van der Waals surface area contributed by atoms with Crippen LogP contribution < -0.4 is 14.2 Å². The summed E-state index contributed by atoms with van der Waals surface area (Å²) in [4.78, 5) is 4.65. The average Bonchev–Trinajstić information content (AvgIpc) is 2.72. The van der Waals surface area contributed by atoms with Crippen molar-refractivity contribution >= 4 is 11.6 Å². The van der Waals surface area contributed by atoms with E-state index >= 15 is 0 Å². The molecule has 26 heavy (non-hydrogen) atoms. The number of methoxy groups -OCH3 is 2. The fourth-order valence-electron chi connectivity index (χ4n) is 2.59. The summed E-state index contributed by atoms with van der Waals surface area (Å²) in [5.41, 5.74) is 3.41. The van der Waals surface area contributed by atoms with E-state index in [1.54, 1.807) is 14.2 Å². The summed E-state index contributed by atoms with van der Waals surface area (Å²) < 4.78 is 16.7. The van der Waals surface area contributed by atoms with Crippen molar-refractivity contribution in [3.05, 3.63) is 71.9 Å². The molecule has 0 bridgehead atoms. The van der Waals surface area contributed by atoms with Crippen molar-refractivity contribution in [3.8, 4) is 28.5 Å². The molecule has 0 unspecified atom stereocenters. The Kier molecular flexibility index (Phi) is 5.97. The normalized spacial score (nSPS) is 10.4. The van der Waals surface area contributed by atoms with Crippen molar-refractivity contribution in [1.29, 1.82) is 0 Å². The zero-order valence-corrected chi connectivity index (χ0v) is 15.5. The molecule has 0 saturated carbocycles. The Morgan fingerprint density at radius 3 is 2.31 bits per heavy atom. The summed E-state index contributed by atoms with van der Waals surface area (Å²) >= 11 is 5.97. The number of halogens is 1. The summed E-state index contributed by atoms with van der Waals surface area (Å²) in [5, 5.41) is 0. The summed E-state index contributed by atoms with van der Waals surface area (Å²) in [5.74, 6) is 2.57. The van der Waals surface area contributed by atoms with Gasteiger partial charge in [-0.2, -0.15) is 0 Å². The van der Waals surface area contributed by atoms with E-state index < -0.39 is 0 Å². The minimum atomic E-state index is 0.334. The molecule has 1 heterocycles. The largest absolute Gasteiger partial charge is 0.497 e. The standard InChI is InChI=1S/C21H20ClNO3/c1-24-17-10-7-15(8-11-17)14-26-20-12-9-16(13-22)23-21(20)18-5-3-4-6-19(18)25-2/h3-12H,13-14H2,1-2H3. The van der Waals surface area contributed by atoms with Crippen LogP contribution in [0.15, 0.2) is 60.7 Å². The van der Waals surface area contributed by atoms with Crippen LogP contribution in [-0.2, 0) is 12.5 Å². The van der Waals surface area contributed by atoms with Gasteiger partial charge in [0, 0.05) is 5.56 Å². The number of rotatable bonds is 7. The lowest BCUT2D eigenvalue weighted by molar-refractivity contribution is 0.306. The molecule has 1 aromatic heterocycles. The highest BCUT2D eigenvalue weighted by Gasteiger charge is 2.14. The Hall–Kier alpha value is -2.72. The number of para-hydroxylation sites is 1. The molecule has 0 aliphatic rings. The number of alkyl halides is 1. The molecule has 0 radical (unpaired) electrons. The van der Waals surface area contributed by atoms with Crippen LogP contribution in [0.4, 0.5) is 0 Å². The maximum atomic E-state index is 6.05. The smallest absolute Gasteiger partial charge is 0.146 e. The zero-order chi connectivity index (χ0) is 18.4. The Morgan fingerprint density at radius 2 is 1.62 bits per heavy atom. The van der Waals surface area contributed by atoms with Crippen molar-refractivity contribution in [2.24, 2.45) is 0 Å². The van der Waals surface area contributed by atoms with Gasteiger partial charge in [0.25, 0.3) is 0 Å². The molecule has 0 fully saturated rings. The monoisotopic (exact) mass is 369 g/mol. The maximum absolute atomic E-state index is 6.05. The van der Waals surface area contributed by atoms with Gasteiger partial charge < -0.3 is 14.2 Å². The van der Waals surface area contributed by atoms with Crippen LogP contribution >= 0.6 is 11.6 Å². The summed E-state index contributed by atoms with van der Waals surface area (Å²) in [6.07, 6.45) is 0. The lowest BCUT2D eigenvalue weighted by atomic mass is 10.1. The summed E-state index contributed by atoms with van der Waals surface area (Å²) in [6.45, 7) is 0.425. The van der Waals surface area contributed by atoms with E-state index in [4.69, 9.17) is 25.8 Å². The van der Waals surface area contributed by atoms with E-state index in [0.717, 1.165) is 28.3 Å². The quantitative estimate of drug-likeness (QED) is 0.544. The van der Waals surface area contributed by atoms with E-state index in [1.165, 1.54) is 0 Å². The van der Waals surface area contributed by atoms with Gasteiger partial charge in [0.1, 0.15) is 29.5 Å². The molecular weight excluding hydrogens is 350 g/mol. The lowest BCUT2D eigenvalue weighted by Crippen LogP contribution is -2.01. The van der Waals surface area contributed by atoms with Crippen molar-refractivity contribution in [3.63, 3.8) is 0 Å². The SMILES string of the molecule is COc1ccc(COc2ccc(CCl)nc2-c2ccccc2OC)cc1. The van der Waals surface area contributed by atoms with Crippen LogP contribution in [0, 0.1) is 0 Å². The Balaban J connectivity index is 1.91. The number of aromatic nitrogens is 1. The second-order valence-corrected chi connectivity index (χ2v) is 5.89.